The van der Waals surface area contributed by atoms with Crippen molar-refractivity contribution in [2.75, 3.05) is 12.0 Å². The number of nitrogens with zero attached hydrogens (tertiary/aromatic N) is 4. The third-order valence-electron chi connectivity index (χ3n) is 6.17. The average Bonchev–Trinajstić information content (AvgIpc) is 3.43. The van der Waals surface area contributed by atoms with Crippen LogP contribution in [0.1, 0.15) is 46.7 Å². The van der Waals surface area contributed by atoms with E-state index in [2.05, 4.69) is 20.3 Å². The summed E-state index contributed by atoms with van der Waals surface area (Å²) >= 11 is 3.15. The topological polar surface area (TPSA) is 71.0 Å². The van der Waals surface area contributed by atoms with Gasteiger partial charge in [-0.3, -0.25) is 9.18 Å². The van der Waals surface area contributed by atoms with Gasteiger partial charge in [-0.15, -0.1) is 22.7 Å². The van der Waals surface area contributed by atoms with Crippen molar-refractivity contribution in [3.63, 3.8) is 0 Å². The molecule has 31 heavy (non-hydrogen) atoms. The highest BCUT2D eigenvalue weighted by Gasteiger charge is 2.43. The van der Waals surface area contributed by atoms with Gasteiger partial charge in [0, 0.05) is 23.7 Å². The molecule has 0 radical (unpaired) electrons. The summed E-state index contributed by atoms with van der Waals surface area (Å²) in [6, 6.07) is 3.95. The SMILES string of the molecule is Cc1nc(C)c(-c2csc(Nc3ccc(C(=O)N4[C@@H]5CC[C@H]4C[C@@H](CF)C5)cn3)n2)s1. The van der Waals surface area contributed by atoms with Gasteiger partial charge >= 0.3 is 0 Å². The van der Waals surface area contributed by atoms with Crippen LogP contribution in [-0.2, 0) is 0 Å². The van der Waals surface area contributed by atoms with Gasteiger partial charge < -0.3 is 10.2 Å². The number of hydrogen-bond donors (Lipinski definition) is 1. The third-order valence-corrected chi connectivity index (χ3v) is 8.02. The second kappa shape index (κ2) is 8.27. The van der Waals surface area contributed by atoms with Crippen molar-refractivity contribution >= 4 is 39.5 Å². The summed E-state index contributed by atoms with van der Waals surface area (Å²) < 4.78 is 13.1. The highest BCUT2D eigenvalue weighted by atomic mass is 32.1. The maximum Gasteiger partial charge on any atom is 0.255 e. The van der Waals surface area contributed by atoms with E-state index in [1.54, 1.807) is 17.5 Å². The molecule has 5 heterocycles. The molecule has 1 N–H and O–H groups in total. The van der Waals surface area contributed by atoms with E-state index in [9.17, 15) is 9.18 Å². The molecule has 0 unspecified atom stereocenters. The second-order valence-electron chi connectivity index (χ2n) is 8.33. The molecule has 0 spiro atoms. The first-order valence-corrected chi connectivity index (χ1v) is 12.2. The van der Waals surface area contributed by atoms with Crippen LogP contribution in [0, 0.1) is 19.8 Å². The zero-order chi connectivity index (χ0) is 21.5. The maximum absolute atomic E-state index is 13.1. The predicted octanol–water partition coefficient (Wildman–Crippen LogP) is 5.37. The quantitative estimate of drug-likeness (QED) is 0.557. The number of thiazole rings is 2. The summed E-state index contributed by atoms with van der Waals surface area (Å²) in [5, 5.41) is 7.01. The minimum absolute atomic E-state index is 0.0106. The summed E-state index contributed by atoms with van der Waals surface area (Å²) in [6.45, 7) is 3.71. The van der Waals surface area contributed by atoms with Crippen LogP contribution in [0.4, 0.5) is 15.3 Å². The summed E-state index contributed by atoms with van der Waals surface area (Å²) in [5.74, 6) is 0.761. The van der Waals surface area contributed by atoms with Crippen LogP contribution in [0.2, 0.25) is 0 Å². The fourth-order valence-electron chi connectivity index (χ4n) is 4.80. The zero-order valence-electron chi connectivity index (χ0n) is 17.5. The van der Waals surface area contributed by atoms with Gasteiger partial charge in [-0.2, -0.15) is 0 Å². The lowest BCUT2D eigenvalue weighted by Crippen LogP contribution is -2.46. The van der Waals surface area contributed by atoms with Gasteiger partial charge in [0.1, 0.15) is 5.82 Å². The van der Waals surface area contributed by atoms with Crippen molar-refractivity contribution in [2.45, 2.75) is 51.6 Å². The molecule has 9 heteroatoms. The van der Waals surface area contributed by atoms with Gasteiger partial charge in [0.2, 0.25) is 0 Å². The van der Waals surface area contributed by atoms with E-state index in [0.29, 0.717) is 11.4 Å². The number of halogens is 1. The Kier molecular flexibility index (Phi) is 5.47. The van der Waals surface area contributed by atoms with E-state index < -0.39 is 0 Å². The first-order chi connectivity index (χ1) is 15.0. The number of nitrogens with one attached hydrogen (secondary N) is 1. The van der Waals surface area contributed by atoms with Crippen molar-refractivity contribution in [2.24, 2.45) is 5.92 Å². The van der Waals surface area contributed by atoms with Gasteiger partial charge in [-0.05, 0) is 57.6 Å². The largest absolute Gasteiger partial charge is 0.333 e. The second-order valence-corrected chi connectivity index (χ2v) is 10.4. The number of rotatable bonds is 5. The lowest BCUT2D eigenvalue weighted by molar-refractivity contribution is 0.0500. The number of aryl methyl sites for hydroxylation is 2. The molecule has 3 aromatic heterocycles. The Morgan fingerprint density at radius 2 is 2.00 bits per heavy atom. The highest BCUT2D eigenvalue weighted by Crippen LogP contribution is 2.39. The maximum atomic E-state index is 13.1. The number of carbonyl (C=O) groups is 1. The Bertz CT molecular complexity index is 1080. The van der Waals surface area contributed by atoms with Gasteiger partial charge in [0.25, 0.3) is 5.91 Å². The Hall–Kier alpha value is -2.39. The normalized spacial score (nSPS) is 22.7. The van der Waals surface area contributed by atoms with E-state index >= 15 is 0 Å². The molecule has 0 saturated carbocycles. The van der Waals surface area contributed by atoms with Crippen LogP contribution in [0.25, 0.3) is 10.6 Å². The predicted molar refractivity (Wildman–Crippen MR) is 122 cm³/mol. The summed E-state index contributed by atoms with van der Waals surface area (Å²) in [4.78, 5) is 29.7. The van der Waals surface area contributed by atoms with Crippen molar-refractivity contribution in [1.29, 1.82) is 0 Å². The van der Waals surface area contributed by atoms with Crippen LogP contribution in [0.3, 0.4) is 0 Å². The Morgan fingerprint density at radius 1 is 1.23 bits per heavy atom. The fraction of sp³-hybridized carbons (Fsp3) is 0.455. The van der Waals surface area contributed by atoms with Crippen LogP contribution in [0.15, 0.2) is 23.7 Å². The number of alkyl halides is 1. The van der Waals surface area contributed by atoms with Crippen molar-refractivity contribution in [3.05, 3.63) is 40.0 Å². The molecule has 2 aliphatic heterocycles. The summed E-state index contributed by atoms with van der Waals surface area (Å²) in [5.41, 5.74) is 2.48. The number of aromatic nitrogens is 3. The number of fused-ring (bicyclic) bond motifs is 2. The van der Waals surface area contributed by atoms with Crippen LogP contribution in [0.5, 0.6) is 0 Å². The molecule has 1 amide bonds. The highest BCUT2D eigenvalue weighted by molar-refractivity contribution is 7.16. The van der Waals surface area contributed by atoms with Gasteiger partial charge in [0.05, 0.1) is 33.5 Å². The van der Waals surface area contributed by atoms with Gasteiger partial charge in [0.15, 0.2) is 5.13 Å². The summed E-state index contributed by atoms with van der Waals surface area (Å²) in [6.07, 6.45) is 5.13. The smallest absolute Gasteiger partial charge is 0.255 e. The molecule has 2 bridgehead atoms. The van der Waals surface area contributed by atoms with Crippen LogP contribution in [-0.4, -0.2) is 44.5 Å². The molecule has 5 rings (SSSR count). The van der Waals surface area contributed by atoms with E-state index in [4.69, 9.17) is 0 Å². The van der Waals surface area contributed by atoms with Crippen molar-refractivity contribution in [3.8, 4) is 10.6 Å². The molecule has 2 fully saturated rings. The first-order valence-electron chi connectivity index (χ1n) is 10.5. The number of piperidine rings is 1. The molecule has 162 valence electrons. The minimum atomic E-state index is -0.280. The Labute approximate surface area is 188 Å². The lowest BCUT2D eigenvalue weighted by atomic mass is 9.91. The molecular weight excluding hydrogens is 433 g/mol. The van der Waals surface area contributed by atoms with E-state index in [1.165, 1.54) is 11.3 Å². The molecule has 3 atom stereocenters. The van der Waals surface area contributed by atoms with E-state index in [-0.39, 0.29) is 30.6 Å². The number of pyridine rings is 1. The number of anilines is 2. The van der Waals surface area contributed by atoms with Gasteiger partial charge in [-0.25, -0.2) is 15.0 Å². The zero-order valence-corrected chi connectivity index (χ0v) is 19.1. The molecule has 0 aliphatic carbocycles. The molecule has 0 aromatic carbocycles. The van der Waals surface area contributed by atoms with Crippen LogP contribution >= 0.6 is 22.7 Å². The van der Waals surface area contributed by atoms with Gasteiger partial charge in [-0.1, -0.05) is 0 Å². The van der Waals surface area contributed by atoms with E-state index in [0.717, 1.165) is 52.1 Å². The van der Waals surface area contributed by atoms with Crippen molar-refractivity contribution < 1.29 is 9.18 Å². The molecule has 2 aliphatic rings. The number of carbonyl (C=O) groups excluding carboxylic acids is 1. The molecular formula is C22H24FN5OS2. The average molecular weight is 458 g/mol. The Morgan fingerprint density at radius 3 is 2.61 bits per heavy atom. The first kappa shape index (κ1) is 20.5. The van der Waals surface area contributed by atoms with E-state index in [1.807, 2.05) is 36.3 Å². The number of amides is 1. The molecule has 6 nitrogen and oxygen atoms in total. The fourth-order valence-corrected chi connectivity index (χ4v) is 6.47. The molecule has 3 aromatic rings. The van der Waals surface area contributed by atoms with Crippen molar-refractivity contribution in [1.82, 2.24) is 19.9 Å². The minimum Gasteiger partial charge on any atom is -0.333 e. The summed E-state index contributed by atoms with van der Waals surface area (Å²) in [7, 11) is 0. The molecule has 2 saturated heterocycles. The Balaban J connectivity index is 1.27. The van der Waals surface area contributed by atoms with Crippen LogP contribution < -0.4 is 5.32 Å². The lowest BCUT2D eigenvalue weighted by Gasteiger charge is -2.38. The third kappa shape index (κ3) is 3.96. The standard InChI is InChI=1S/C22H24FN5OS2/c1-12-20(31-13(2)25-12)18-11-30-22(26-18)27-19-6-3-15(10-24-19)21(29)28-16-4-5-17(28)8-14(7-16)9-23/h3,6,10-11,14,16-17H,4-5,7-9H2,1-2H3,(H,24,26,27)/t14-,16+,17-. The monoisotopic (exact) mass is 457 g/mol. The number of hydrogen-bond acceptors (Lipinski definition) is 7.